The number of nitrogens with two attached hydrogens (primary N) is 1. The van der Waals surface area contributed by atoms with E-state index in [1.54, 1.807) is 0 Å². The van der Waals surface area contributed by atoms with Crippen LogP contribution in [0.1, 0.15) is 41.6 Å². The second-order valence-electron chi connectivity index (χ2n) is 5.32. The zero-order chi connectivity index (χ0) is 13.8. The van der Waals surface area contributed by atoms with Gasteiger partial charge in [-0.25, -0.2) is 0 Å². The van der Waals surface area contributed by atoms with Gasteiger partial charge in [-0.1, -0.05) is 18.9 Å². The maximum Gasteiger partial charge on any atom is 0.251 e. The minimum atomic E-state index is 0.0308. The molecule has 1 aliphatic carbocycles. The van der Waals surface area contributed by atoms with Gasteiger partial charge in [0.1, 0.15) is 0 Å². The molecule has 3 N–H and O–H groups in total. The standard InChI is InChI=1S/C15H21IN2O/c1-10-6-7-11(8-13(10)16)15(19)18-14-5-3-2-4-12(14)9-17/h6-8,12,14H,2-5,9,17H2,1H3,(H,18,19). The van der Waals surface area contributed by atoms with Crippen LogP contribution in [0.2, 0.25) is 0 Å². The first-order valence-electron chi connectivity index (χ1n) is 6.89. The summed E-state index contributed by atoms with van der Waals surface area (Å²) >= 11 is 2.27. The van der Waals surface area contributed by atoms with E-state index in [1.807, 2.05) is 18.2 Å². The van der Waals surface area contributed by atoms with Crippen LogP contribution in [0.3, 0.4) is 0 Å². The third-order valence-corrected chi connectivity index (χ3v) is 5.12. The minimum absolute atomic E-state index is 0.0308. The fourth-order valence-corrected chi connectivity index (χ4v) is 3.18. The molecule has 0 heterocycles. The molecule has 1 aromatic carbocycles. The van der Waals surface area contributed by atoms with Gasteiger partial charge in [0.25, 0.3) is 5.91 Å². The van der Waals surface area contributed by atoms with Crippen LogP contribution in [0.5, 0.6) is 0 Å². The number of nitrogens with one attached hydrogen (secondary N) is 1. The van der Waals surface area contributed by atoms with Crippen molar-refractivity contribution in [2.75, 3.05) is 6.54 Å². The lowest BCUT2D eigenvalue weighted by Crippen LogP contribution is -2.44. The highest BCUT2D eigenvalue weighted by Gasteiger charge is 2.25. The largest absolute Gasteiger partial charge is 0.349 e. The SMILES string of the molecule is Cc1ccc(C(=O)NC2CCCCC2CN)cc1I. The summed E-state index contributed by atoms with van der Waals surface area (Å²) in [6.07, 6.45) is 4.60. The van der Waals surface area contributed by atoms with E-state index in [0.29, 0.717) is 12.5 Å². The normalized spacial score (nSPS) is 23.1. The summed E-state index contributed by atoms with van der Waals surface area (Å²) < 4.78 is 1.13. The monoisotopic (exact) mass is 372 g/mol. The van der Waals surface area contributed by atoms with Crippen molar-refractivity contribution in [1.29, 1.82) is 0 Å². The minimum Gasteiger partial charge on any atom is -0.349 e. The summed E-state index contributed by atoms with van der Waals surface area (Å²) in [4.78, 5) is 12.3. The van der Waals surface area contributed by atoms with E-state index in [4.69, 9.17) is 5.73 Å². The third-order valence-electron chi connectivity index (χ3n) is 3.96. The predicted octanol–water partition coefficient (Wildman–Crippen LogP) is 2.85. The molecule has 3 nitrogen and oxygen atoms in total. The highest BCUT2D eigenvalue weighted by atomic mass is 127. The van der Waals surface area contributed by atoms with Gasteiger partial charge in [0.05, 0.1) is 0 Å². The molecule has 1 amide bonds. The third kappa shape index (κ3) is 3.69. The zero-order valence-corrected chi connectivity index (χ0v) is 13.4. The fourth-order valence-electron chi connectivity index (χ4n) is 2.67. The molecule has 2 atom stereocenters. The second kappa shape index (κ2) is 6.70. The number of hydrogen-bond donors (Lipinski definition) is 2. The number of amides is 1. The van der Waals surface area contributed by atoms with Crippen LogP contribution < -0.4 is 11.1 Å². The Morgan fingerprint density at radius 1 is 1.42 bits per heavy atom. The quantitative estimate of drug-likeness (QED) is 0.802. The molecule has 4 heteroatoms. The molecule has 104 valence electrons. The summed E-state index contributed by atoms with van der Waals surface area (Å²) in [5.41, 5.74) is 7.75. The smallest absolute Gasteiger partial charge is 0.251 e. The van der Waals surface area contributed by atoms with Gasteiger partial charge in [-0.05, 0) is 72.5 Å². The van der Waals surface area contributed by atoms with E-state index in [2.05, 4.69) is 34.8 Å². The van der Waals surface area contributed by atoms with Crippen LogP contribution in [-0.2, 0) is 0 Å². The molecular formula is C15H21IN2O. The van der Waals surface area contributed by atoms with E-state index in [0.717, 1.165) is 22.0 Å². The van der Waals surface area contributed by atoms with Gasteiger partial charge in [0.2, 0.25) is 0 Å². The topological polar surface area (TPSA) is 55.1 Å². The van der Waals surface area contributed by atoms with Crippen molar-refractivity contribution in [2.24, 2.45) is 11.7 Å². The van der Waals surface area contributed by atoms with Gasteiger partial charge in [0, 0.05) is 15.2 Å². The van der Waals surface area contributed by atoms with Crippen molar-refractivity contribution in [3.63, 3.8) is 0 Å². The lowest BCUT2D eigenvalue weighted by atomic mass is 9.84. The second-order valence-corrected chi connectivity index (χ2v) is 6.49. The average Bonchev–Trinajstić information content (AvgIpc) is 2.42. The zero-order valence-electron chi connectivity index (χ0n) is 11.3. The Bertz CT molecular complexity index is 461. The number of benzene rings is 1. The first-order chi connectivity index (χ1) is 9.11. The molecular weight excluding hydrogens is 351 g/mol. The molecule has 0 radical (unpaired) electrons. The number of halogens is 1. The number of carbonyl (C=O) groups is 1. The Labute approximate surface area is 128 Å². The summed E-state index contributed by atoms with van der Waals surface area (Å²) in [7, 11) is 0. The molecule has 1 fully saturated rings. The average molecular weight is 372 g/mol. The number of aryl methyl sites for hydroxylation is 1. The lowest BCUT2D eigenvalue weighted by Gasteiger charge is -2.31. The fraction of sp³-hybridized carbons (Fsp3) is 0.533. The summed E-state index contributed by atoms with van der Waals surface area (Å²) in [5, 5.41) is 3.16. The highest BCUT2D eigenvalue weighted by Crippen LogP contribution is 2.24. The molecule has 19 heavy (non-hydrogen) atoms. The molecule has 0 aromatic heterocycles. The highest BCUT2D eigenvalue weighted by molar-refractivity contribution is 14.1. The van der Waals surface area contributed by atoms with Crippen molar-refractivity contribution in [3.05, 3.63) is 32.9 Å². The Kier molecular flexibility index (Phi) is 5.21. The van der Waals surface area contributed by atoms with Gasteiger partial charge >= 0.3 is 0 Å². The molecule has 1 aliphatic rings. The van der Waals surface area contributed by atoms with Gasteiger partial charge in [0.15, 0.2) is 0 Å². The first kappa shape index (κ1) is 14.8. The summed E-state index contributed by atoms with van der Waals surface area (Å²) in [6, 6.07) is 6.08. The molecule has 1 aromatic rings. The van der Waals surface area contributed by atoms with Crippen molar-refractivity contribution in [1.82, 2.24) is 5.32 Å². The molecule has 0 saturated heterocycles. The predicted molar refractivity (Wildman–Crippen MR) is 86.2 cm³/mol. The van der Waals surface area contributed by atoms with Crippen LogP contribution in [0.4, 0.5) is 0 Å². The summed E-state index contributed by atoms with van der Waals surface area (Å²) in [5.74, 6) is 0.463. The molecule has 2 unspecified atom stereocenters. The van der Waals surface area contributed by atoms with Crippen molar-refractivity contribution in [2.45, 2.75) is 38.6 Å². The number of hydrogen-bond acceptors (Lipinski definition) is 2. The van der Waals surface area contributed by atoms with Crippen LogP contribution in [0, 0.1) is 16.4 Å². The molecule has 2 rings (SSSR count). The Morgan fingerprint density at radius 2 is 2.16 bits per heavy atom. The van der Waals surface area contributed by atoms with Gasteiger partial charge in [-0.3, -0.25) is 4.79 Å². The Balaban J connectivity index is 2.05. The van der Waals surface area contributed by atoms with Crippen LogP contribution in [-0.4, -0.2) is 18.5 Å². The molecule has 0 aliphatic heterocycles. The van der Waals surface area contributed by atoms with Gasteiger partial charge in [-0.15, -0.1) is 0 Å². The van der Waals surface area contributed by atoms with E-state index >= 15 is 0 Å². The lowest BCUT2D eigenvalue weighted by molar-refractivity contribution is 0.0908. The molecule has 0 spiro atoms. The maximum absolute atomic E-state index is 12.3. The van der Waals surface area contributed by atoms with Crippen LogP contribution >= 0.6 is 22.6 Å². The van der Waals surface area contributed by atoms with E-state index in [1.165, 1.54) is 18.4 Å². The van der Waals surface area contributed by atoms with Crippen LogP contribution in [0.25, 0.3) is 0 Å². The molecule has 1 saturated carbocycles. The van der Waals surface area contributed by atoms with E-state index in [-0.39, 0.29) is 11.9 Å². The first-order valence-corrected chi connectivity index (χ1v) is 7.96. The molecule has 0 bridgehead atoms. The van der Waals surface area contributed by atoms with Crippen molar-refractivity contribution < 1.29 is 4.79 Å². The Morgan fingerprint density at radius 3 is 2.84 bits per heavy atom. The van der Waals surface area contributed by atoms with Gasteiger partial charge < -0.3 is 11.1 Å². The Hall–Kier alpha value is -0.620. The summed E-state index contributed by atoms with van der Waals surface area (Å²) in [6.45, 7) is 2.71. The van der Waals surface area contributed by atoms with E-state index < -0.39 is 0 Å². The number of carbonyl (C=O) groups excluding carboxylic acids is 1. The van der Waals surface area contributed by atoms with E-state index in [9.17, 15) is 4.79 Å². The van der Waals surface area contributed by atoms with Crippen molar-refractivity contribution >= 4 is 28.5 Å². The number of rotatable bonds is 3. The van der Waals surface area contributed by atoms with Crippen LogP contribution in [0.15, 0.2) is 18.2 Å². The maximum atomic E-state index is 12.3. The van der Waals surface area contributed by atoms with Crippen molar-refractivity contribution in [3.8, 4) is 0 Å². The van der Waals surface area contributed by atoms with Gasteiger partial charge in [-0.2, -0.15) is 0 Å².